The SMILES string of the molecule is CC/C=C(\C)C(=O)N(C)Cc1ccc(Cl)cc1. The first kappa shape index (κ1) is 13.8. The molecule has 1 aromatic carbocycles. The number of carbonyl (C=O) groups excluding carboxylic acids is 1. The molecule has 1 amide bonds. The van der Waals surface area contributed by atoms with E-state index in [2.05, 4.69) is 0 Å². The standard InChI is InChI=1S/C14H18ClNO/c1-4-5-11(2)14(17)16(3)10-12-6-8-13(15)9-7-12/h5-9H,4,10H2,1-3H3/b11-5+. The number of rotatable bonds is 4. The molecule has 1 aromatic rings. The Bertz CT molecular complexity index is 409. The van der Waals surface area contributed by atoms with Gasteiger partial charge < -0.3 is 4.90 Å². The van der Waals surface area contributed by atoms with Gasteiger partial charge >= 0.3 is 0 Å². The Morgan fingerprint density at radius 3 is 2.47 bits per heavy atom. The van der Waals surface area contributed by atoms with Gasteiger partial charge in [-0.3, -0.25) is 4.79 Å². The van der Waals surface area contributed by atoms with E-state index < -0.39 is 0 Å². The van der Waals surface area contributed by atoms with E-state index >= 15 is 0 Å². The molecule has 2 nitrogen and oxygen atoms in total. The number of carbonyl (C=O) groups is 1. The van der Waals surface area contributed by atoms with Crippen molar-refractivity contribution in [3.8, 4) is 0 Å². The third kappa shape index (κ3) is 4.23. The largest absolute Gasteiger partial charge is 0.338 e. The molecule has 0 radical (unpaired) electrons. The Morgan fingerprint density at radius 1 is 1.35 bits per heavy atom. The van der Waals surface area contributed by atoms with Crippen LogP contribution in [0.15, 0.2) is 35.9 Å². The molecule has 0 saturated carbocycles. The number of nitrogens with zero attached hydrogens (tertiary/aromatic N) is 1. The highest BCUT2D eigenvalue weighted by atomic mass is 35.5. The summed E-state index contributed by atoms with van der Waals surface area (Å²) in [6.07, 6.45) is 2.83. The van der Waals surface area contributed by atoms with Crippen molar-refractivity contribution < 1.29 is 4.79 Å². The number of benzene rings is 1. The summed E-state index contributed by atoms with van der Waals surface area (Å²) in [6, 6.07) is 7.55. The van der Waals surface area contributed by atoms with Crippen LogP contribution in [0.3, 0.4) is 0 Å². The summed E-state index contributed by atoms with van der Waals surface area (Å²) in [6.45, 7) is 4.48. The second-order valence-electron chi connectivity index (χ2n) is 4.08. The predicted octanol–water partition coefficient (Wildman–Crippen LogP) is 3.65. The van der Waals surface area contributed by atoms with E-state index in [-0.39, 0.29) is 5.91 Å². The minimum Gasteiger partial charge on any atom is -0.338 e. The summed E-state index contributed by atoms with van der Waals surface area (Å²) in [5, 5.41) is 0.713. The van der Waals surface area contributed by atoms with Crippen molar-refractivity contribution in [1.82, 2.24) is 4.90 Å². The van der Waals surface area contributed by atoms with Crippen LogP contribution in [0.1, 0.15) is 25.8 Å². The van der Waals surface area contributed by atoms with Crippen LogP contribution >= 0.6 is 11.6 Å². The Hall–Kier alpha value is -1.28. The van der Waals surface area contributed by atoms with E-state index in [1.807, 2.05) is 51.2 Å². The minimum absolute atomic E-state index is 0.0711. The molecule has 0 fully saturated rings. The number of hydrogen-bond acceptors (Lipinski definition) is 1. The summed E-state index contributed by atoms with van der Waals surface area (Å²) in [5.41, 5.74) is 1.87. The predicted molar refractivity (Wildman–Crippen MR) is 72.0 cm³/mol. The van der Waals surface area contributed by atoms with Crippen LogP contribution in [0.2, 0.25) is 5.02 Å². The van der Waals surface area contributed by atoms with Gasteiger partial charge in [0.25, 0.3) is 0 Å². The fraction of sp³-hybridized carbons (Fsp3) is 0.357. The smallest absolute Gasteiger partial charge is 0.249 e. The molecular weight excluding hydrogens is 234 g/mol. The van der Waals surface area contributed by atoms with E-state index in [1.165, 1.54) is 0 Å². The number of halogens is 1. The van der Waals surface area contributed by atoms with Crippen molar-refractivity contribution in [2.45, 2.75) is 26.8 Å². The van der Waals surface area contributed by atoms with Crippen LogP contribution < -0.4 is 0 Å². The van der Waals surface area contributed by atoms with E-state index in [0.717, 1.165) is 17.6 Å². The Labute approximate surface area is 108 Å². The Balaban J connectivity index is 2.66. The first-order chi connectivity index (χ1) is 8.04. The zero-order valence-electron chi connectivity index (χ0n) is 10.5. The van der Waals surface area contributed by atoms with Crippen molar-refractivity contribution in [2.24, 2.45) is 0 Å². The molecule has 0 aliphatic carbocycles. The highest BCUT2D eigenvalue weighted by Gasteiger charge is 2.10. The number of amides is 1. The number of hydrogen-bond donors (Lipinski definition) is 0. The Morgan fingerprint density at radius 2 is 1.94 bits per heavy atom. The molecule has 0 heterocycles. The van der Waals surface area contributed by atoms with Crippen LogP contribution in [-0.4, -0.2) is 17.9 Å². The number of likely N-dealkylation sites (N-methyl/N-ethyl adjacent to an activating group) is 1. The second-order valence-corrected chi connectivity index (χ2v) is 4.52. The van der Waals surface area contributed by atoms with Gasteiger partial charge in [0.15, 0.2) is 0 Å². The monoisotopic (exact) mass is 251 g/mol. The van der Waals surface area contributed by atoms with Crippen molar-refractivity contribution in [3.63, 3.8) is 0 Å². The molecule has 17 heavy (non-hydrogen) atoms. The van der Waals surface area contributed by atoms with Gasteiger partial charge in [-0.1, -0.05) is 36.7 Å². The zero-order valence-corrected chi connectivity index (χ0v) is 11.3. The van der Waals surface area contributed by atoms with E-state index in [4.69, 9.17) is 11.6 Å². The topological polar surface area (TPSA) is 20.3 Å². The van der Waals surface area contributed by atoms with Crippen molar-refractivity contribution in [3.05, 3.63) is 46.5 Å². The van der Waals surface area contributed by atoms with Crippen LogP contribution in [0.25, 0.3) is 0 Å². The molecule has 0 unspecified atom stereocenters. The molecule has 3 heteroatoms. The summed E-state index contributed by atoms with van der Waals surface area (Å²) in [5.74, 6) is 0.0711. The molecule has 0 spiro atoms. The first-order valence-electron chi connectivity index (χ1n) is 5.71. The molecule has 0 aliphatic heterocycles. The summed E-state index contributed by atoms with van der Waals surface area (Å²) < 4.78 is 0. The molecule has 0 N–H and O–H groups in total. The van der Waals surface area contributed by atoms with Gasteiger partial charge in [-0.25, -0.2) is 0 Å². The molecule has 0 saturated heterocycles. The van der Waals surface area contributed by atoms with E-state index in [0.29, 0.717) is 11.6 Å². The quantitative estimate of drug-likeness (QED) is 0.748. The van der Waals surface area contributed by atoms with Crippen LogP contribution in [0.5, 0.6) is 0 Å². The lowest BCUT2D eigenvalue weighted by atomic mass is 10.2. The van der Waals surface area contributed by atoms with Crippen molar-refractivity contribution >= 4 is 17.5 Å². The average Bonchev–Trinajstić information content (AvgIpc) is 2.31. The van der Waals surface area contributed by atoms with Crippen molar-refractivity contribution in [2.75, 3.05) is 7.05 Å². The Kier molecular flexibility index (Phi) is 5.23. The summed E-state index contributed by atoms with van der Waals surface area (Å²) >= 11 is 5.81. The van der Waals surface area contributed by atoms with Crippen molar-refractivity contribution in [1.29, 1.82) is 0 Å². The first-order valence-corrected chi connectivity index (χ1v) is 6.09. The molecule has 0 bridgehead atoms. The lowest BCUT2D eigenvalue weighted by Gasteiger charge is -2.17. The molecule has 1 rings (SSSR count). The van der Waals surface area contributed by atoms with Gasteiger partial charge in [-0.2, -0.15) is 0 Å². The lowest BCUT2D eigenvalue weighted by molar-refractivity contribution is -0.126. The van der Waals surface area contributed by atoms with Crippen LogP contribution in [-0.2, 0) is 11.3 Å². The molecule has 92 valence electrons. The van der Waals surface area contributed by atoms with Crippen LogP contribution in [0.4, 0.5) is 0 Å². The lowest BCUT2D eigenvalue weighted by Crippen LogP contribution is -2.26. The van der Waals surface area contributed by atoms with Gasteiger partial charge in [0, 0.05) is 24.2 Å². The average molecular weight is 252 g/mol. The maximum absolute atomic E-state index is 11.9. The van der Waals surface area contributed by atoms with Gasteiger partial charge in [-0.15, -0.1) is 0 Å². The molecule has 0 atom stereocenters. The van der Waals surface area contributed by atoms with Gasteiger partial charge in [0.1, 0.15) is 0 Å². The van der Waals surface area contributed by atoms with Gasteiger partial charge in [-0.05, 0) is 31.0 Å². The summed E-state index contributed by atoms with van der Waals surface area (Å²) in [4.78, 5) is 13.6. The minimum atomic E-state index is 0.0711. The van der Waals surface area contributed by atoms with Crippen LogP contribution in [0, 0.1) is 0 Å². The van der Waals surface area contributed by atoms with Gasteiger partial charge in [0.05, 0.1) is 0 Å². The molecular formula is C14H18ClNO. The van der Waals surface area contributed by atoms with E-state index in [9.17, 15) is 4.79 Å². The maximum atomic E-state index is 11.9. The third-order valence-corrected chi connectivity index (χ3v) is 2.78. The summed E-state index contributed by atoms with van der Waals surface area (Å²) in [7, 11) is 1.81. The van der Waals surface area contributed by atoms with E-state index in [1.54, 1.807) is 4.90 Å². The molecule has 0 aliphatic rings. The normalized spacial score (nSPS) is 11.4. The number of allylic oxidation sites excluding steroid dienone is 1. The molecule has 0 aromatic heterocycles. The highest BCUT2D eigenvalue weighted by Crippen LogP contribution is 2.12. The highest BCUT2D eigenvalue weighted by molar-refractivity contribution is 6.30. The second kappa shape index (κ2) is 6.45. The fourth-order valence-corrected chi connectivity index (χ4v) is 1.76. The fourth-order valence-electron chi connectivity index (χ4n) is 1.63. The maximum Gasteiger partial charge on any atom is 0.249 e. The third-order valence-electron chi connectivity index (χ3n) is 2.53. The zero-order chi connectivity index (χ0) is 12.8. The van der Waals surface area contributed by atoms with Gasteiger partial charge in [0.2, 0.25) is 5.91 Å².